The predicted octanol–water partition coefficient (Wildman–Crippen LogP) is 5.59. The maximum atomic E-state index is 11.9. The highest BCUT2D eigenvalue weighted by atomic mass is 35.5. The Balaban J connectivity index is 1.33. The number of ether oxygens (including phenoxy) is 1. The number of fused-ring (bicyclic) bond motifs is 1. The minimum absolute atomic E-state index is 0.0147. The van der Waals surface area contributed by atoms with Crippen molar-refractivity contribution >= 4 is 51.4 Å². The number of rotatable bonds is 7. The van der Waals surface area contributed by atoms with Gasteiger partial charge in [-0.25, -0.2) is 15.0 Å². The first-order chi connectivity index (χ1) is 17.0. The molecule has 1 aromatic carbocycles. The van der Waals surface area contributed by atoms with Crippen molar-refractivity contribution in [3.05, 3.63) is 70.0 Å². The van der Waals surface area contributed by atoms with E-state index in [1.165, 1.54) is 12.4 Å². The van der Waals surface area contributed by atoms with Crippen molar-refractivity contribution in [1.29, 1.82) is 0 Å². The van der Waals surface area contributed by atoms with E-state index in [0.717, 1.165) is 45.8 Å². The molecular formula is C25H25ClN6O2S. The summed E-state index contributed by atoms with van der Waals surface area (Å²) in [5.74, 6) is 1.59. The highest BCUT2D eigenvalue weighted by molar-refractivity contribution is 7.09. The second-order valence-electron chi connectivity index (χ2n) is 8.44. The molecule has 1 saturated heterocycles. The number of carbonyl (C=O) groups is 1. The minimum Gasteiger partial charge on any atom is -0.485 e. The van der Waals surface area contributed by atoms with Gasteiger partial charge in [-0.15, -0.1) is 11.3 Å². The molecule has 0 atom stereocenters. The van der Waals surface area contributed by atoms with Gasteiger partial charge in [0.15, 0.2) is 0 Å². The zero-order valence-electron chi connectivity index (χ0n) is 19.3. The maximum absolute atomic E-state index is 11.9. The predicted molar refractivity (Wildman–Crippen MR) is 139 cm³/mol. The van der Waals surface area contributed by atoms with Gasteiger partial charge in [0.25, 0.3) is 0 Å². The first kappa shape index (κ1) is 23.3. The van der Waals surface area contributed by atoms with E-state index in [4.69, 9.17) is 16.3 Å². The van der Waals surface area contributed by atoms with Crippen LogP contribution in [0.3, 0.4) is 0 Å². The van der Waals surface area contributed by atoms with E-state index >= 15 is 0 Å². The minimum atomic E-state index is -0.0147. The number of hydrogen-bond donors (Lipinski definition) is 2. The Labute approximate surface area is 212 Å². The molecule has 1 aliphatic rings. The van der Waals surface area contributed by atoms with Gasteiger partial charge in [-0.3, -0.25) is 4.79 Å². The number of nitrogens with one attached hydrogen (secondary N) is 2. The van der Waals surface area contributed by atoms with Crippen molar-refractivity contribution in [2.75, 3.05) is 18.4 Å². The van der Waals surface area contributed by atoms with Gasteiger partial charge in [0.1, 0.15) is 35.2 Å². The van der Waals surface area contributed by atoms with Gasteiger partial charge in [0, 0.05) is 36.0 Å². The normalized spacial score (nSPS) is 14.3. The Morgan fingerprint density at radius 3 is 2.91 bits per heavy atom. The molecule has 1 aliphatic heterocycles. The van der Waals surface area contributed by atoms with Crippen LogP contribution < -0.4 is 10.1 Å². The number of aryl methyl sites for hydroxylation is 1. The quantitative estimate of drug-likeness (QED) is 0.316. The largest absolute Gasteiger partial charge is 0.485 e. The third kappa shape index (κ3) is 5.01. The van der Waals surface area contributed by atoms with Crippen molar-refractivity contribution in [3.63, 3.8) is 0 Å². The third-order valence-electron chi connectivity index (χ3n) is 6.13. The molecule has 1 amide bonds. The molecule has 180 valence electrons. The monoisotopic (exact) mass is 508 g/mol. The van der Waals surface area contributed by atoms with E-state index in [2.05, 4.69) is 31.8 Å². The summed E-state index contributed by atoms with van der Waals surface area (Å²) < 4.78 is 5.85. The van der Waals surface area contributed by atoms with E-state index in [0.29, 0.717) is 42.2 Å². The summed E-state index contributed by atoms with van der Waals surface area (Å²) in [7, 11) is 0. The van der Waals surface area contributed by atoms with Crippen LogP contribution in [0.15, 0.2) is 48.8 Å². The standard InChI is InChI=1S/C25H25ClN6O2S/c1-3-22(33)32-8-6-16(7-9-32)18-11-27-24-23(18)25(29-14-28-24)31-17-4-5-20(19(26)10-17)34-12-21-30-15(2)13-35-21/h3-5,10-11,13-14,16H,1,6-9,12H2,2H3,(H2,27,28,29,31). The van der Waals surface area contributed by atoms with Crippen LogP contribution in [-0.2, 0) is 11.4 Å². The Bertz CT molecular complexity index is 1380. The maximum Gasteiger partial charge on any atom is 0.245 e. The van der Waals surface area contributed by atoms with Crippen LogP contribution in [0.25, 0.3) is 11.0 Å². The summed E-state index contributed by atoms with van der Waals surface area (Å²) >= 11 is 8.07. The number of carbonyl (C=O) groups excluding carboxylic acids is 1. The summed E-state index contributed by atoms with van der Waals surface area (Å²) in [5.41, 5.74) is 3.70. The van der Waals surface area contributed by atoms with Gasteiger partial charge in [-0.2, -0.15) is 0 Å². The van der Waals surface area contributed by atoms with Crippen molar-refractivity contribution in [2.45, 2.75) is 32.3 Å². The Hall–Kier alpha value is -3.43. The molecule has 0 aliphatic carbocycles. The van der Waals surface area contributed by atoms with E-state index in [9.17, 15) is 4.79 Å². The van der Waals surface area contributed by atoms with Crippen LogP contribution in [0.2, 0.25) is 5.02 Å². The number of anilines is 2. The van der Waals surface area contributed by atoms with Gasteiger partial charge in [0.2, 0.25) is 5.91 Å². The van der Waals surface area contributed by atoms with Gasteiger partial charge in [-0.05, 0) is 55.5 Å². The lowest BCUT2D eigenvalue weighted by Gasteiger charge is -2.31. The molecule has 0 saturated carbocycles. The number of H-pyrrole nitrogens is 1. The fourth-order valence-corrected chi connectivity index (χ4v) is 5.30. The zero-order chi connectivity index (χ0) is 24.4. The summed E-state index contributed by atoms with van der Waals surface area (Å²) in [4.78, 5) is 30.4. The highest BCUT2D eigenvalue weighted by Crippen LogP contribution is 2.37. The number of aromatic nitrogens is 4. The lowest BCUT2D eigenvalue weighted by Crippen LogP contribution is -2.36. The molecule has 3 aromatic heterocycles. The van der Waals surface area contributed by atoms with E-state index in [1.807, 2.05) is 41.6 Å². The number of aromatic amines is 1. The summed E-state index contributed by atoms with van der Waals surface area (Å²) in [5, 5.41) is 7.75. The average Bonchev–Trinajstić information content (AvgIpc) is 3.50. The molecule has 8 nitrogen and oxygen atoms in total. The number of thiazole rings is 1. The van der Waals surface area contributed by atoms with Gasteiger partial charge in [0.05, 0.1) is 10.4 Å². The van der Waals surface area contributed by atoms with Gasteiger partial charge >= 0.3 is 0 Å². The molecule has 0 bridgehead atoms. The lowest BCUT2D eigenvalue weighted by molar-refractivity contribution is -0.127. The van der Waals surface area contributed by atoms with E-state index in [1.54, 1.807) is 11.3 Å². The molecule has 0 radical (unpaired) electrons. The molecule has 35 heavy (non-hydrogen) atoms. The molecule has 0 spiro atoms. The fraction of sp³-hybridized carbons (Fsp3) is 0.280. The van der Waals surface area contributed by atoms with Crippen LogP contribution in [0.4, 0.5) is 11.5 Å². The number of benzene rings is 1. The molecule has 2 N–H and O–H groups in total. The molecule has 1 fully saturated rings. The molecule has 10 heteroatoms. The molecule has 0 unspecified atom stereocenters. The van der Waals surface area contributed by atoms with Crippen LogP contribution in [0.5, 0.6) is 5.75 Å². The van der Waals surface area contributed by atoms with Crippen LogP contribution in [0, 0.1) is 6.92 Å². The van der Waals surface area contributed by atoms with Crippen molar-refractivity contribution in [3.8, 4) is 5.75 Å². The second-order valence-corrected chi connectivity index (χ2v) is 9.78. The summed E-state index contributed by atoms with van der Waals surface area (Å²) in [6.07, 6.45) is 6.66. The molecule has 5 rings (SSSR count). The van der Waals surface area contributed by atoms with Gasteiger partial charge in [-0.1, -0.05) is 18.2 Å². The summed E-state index contributed by atoms with van der Waals surface area (Å²) in [6, 6.07) is 5.57. The molecule has 4 aromatic rings. The average molecular weight is 509 g/mol. The van der Waals surface area contributed by atoms with Crippen molar-refractivity contribution in [2.24, 2.45) is 0 Å². The SMILES string of the molecule is C=CC(=O)N1CCC(c2c[nH]c3ncnc(Nc4ccc(OCc5nc(C)cs5)c(Cl)c4)c23)CC1. The molecular weight excluding hydrogens is 484 g/mol. The van der Waals surface area contributed by atoms with Crippen molar-refractivity contribution < 1.29 is 9.53 Å². The van der Waals surface area contributed by atoms with Gasteiger partial charge < -0.3 is 19.9 Å². The number of nitrogens with zero attached hydrogens (tertiary/aromatic N) is 4. The smallest absolute Gasteiger partial charge is 0.245 e. The number of piperidine rings is 1. The van der Waals surface area contributed by atoms with Crippen LogP contribution >= 0.6 is 22.9 Å². The Kier molecular flexibility index (Phi) is 6.70. The zero-order valence-corrected chi connectivity index (χ0v) is 20.8. The van der Waals surface area contributed by atoms with E-state index < -0.39 is 0 Å². The van der Waals surface area contributed by atoms with Crippen LogP contribution in [-0.4, -0.2) is 43.8 Å². The van der Waals surface area contributed by atoms with Crippen molar-refractivity contribution in [1.82, 2.24) is 24.8 Å². The Morgan fingerprint density at radius 2 is 2.20 bits per heavy atom. The first-order valence-electron chi connectivity index (χ1n) is 11.4. The number of amides is 1. The first-order valence-corrected chi connectivity index (χ1v) is 12.6. The van der Waals surface area contributed by atoms with Crippen LogP contribution in [0.1, 0.15) is 35.0 Å². The second kappa shape index (κ2) is 10.1. The Morgan fingerprint density at radius 1 is 1.37 bits per heavy atom. The third-order valence-corrected chi connectivity index (χ3v) is 7.37. The molecule has 4 heterocycles. The number of likely N-dealkylation sites (tertiary alicyclic amines) is 1. The number of halogens is 1. The fourth-order valence-electron chi connectivity index (χ4n) is 4.38. The highest BCUT2D eigenvalue weighted by Gasteiger charge is 2.26. The van der Waals surface area contributed by atoms with E-state index in [-0.39, 0.29) is 5.91 Å². The topological polar surface area (TPSA) is 96.0 Å². The summed E-state index contributed by atoms with van der Waals surface area (Å²) in [6.45, 7) is 7.34. The lowest BCUT2D eigenvalue weighted by atomic mass is 9.89. The number of hydrogen-bond acceptors (Lipinski definition) is 7.